The summed E-state index contributed by atoms with van der Waals surface area (Å²) >= 11 is 0. The van der Waals surface area contributed by atoms with Crippen LogP contribution in [-0.2, 0) is 9.59 Å². The Morgan fingerprint density at radius 2 is 1.52 bits per heavy atom. The molecule has 0 radical (unpaired) electrons. The topological polar surface area (TPSA) is 49.9 Å². The van der Waals surface area contributed by atoms with Crippen LogP contribution >= 0.6 is 0 Å². The Morgan fingerprint density at radius 1 is 0.926 bits per heavy atom. The number of carbonyl (C=O) groups excluding carboxylic acids is 2. The summed E-state index contributed by atoms with van der Waals surface area (Å²) in [5.41, 5.74) is 1.16. The van der Waals surface area contributed by atoms with E-state index in [1.54, 1.807) is 6.92 Å². The van der Waals surface area contributed by atoms with E-state index < -0.39 is 6.10 Å². The van der Waals surface area contributed by atoms with E-state index in [2.05, 4.69) is 4.90 Å². The van der Waals surface area contributed by atoms with Gasteiger partial charge in [0.15, 0.2) is 6.10 Å². The van der Waals surface area contributed by atoms with E-state index in [1.807, 2.05) is 36.1 Å². The van der Waals surface area contributed by atoms with Gasteiger partial charge in [0.25, 0.3) is 5.91 Å². The predicted octanol–water partition coefficient (Wildman–Crippen LogP) is 3.40. The summed E-state index contributed by atoms with van der Waals surface area (Å²) in [7, 11) is 0. The van der Waals surface area contributed by atoms with Crippen molar-refractivity contribution < 1.29 is 14.3 Å². The molecule has 5 nitrogen and oxygen atoms in total. The summed E-state index contributed by atoms with van der Waals surface area (Å²) in [5.74, 6) is 1.09. The molecule has 148 valence electrons. The highest BCUT2D eigenvalue weighted by Crippen LogP contribution is 2.23. The van der Waals surface area contributed by atoms with Crippen molar-refractivity contribution in [2.75, 3.05) is 26.2 Å². The molecule has 0 spiro atoms. The maximum Gasteiger partial charge on any atom is 0.263 e. The monoisotopic (exact) mass is 372 g/mol. The highest BCUT2D eigenvalue weighted by Gasteiger charge is 2.32. The number of amides is 2. The SMILES string of the molecule is Cc1ccc(OC(C)C(=O)N2CCC(C(=O)N3CCCCCC3)CC2)cc1. The van der Waals surface area contributed by atoms with Crippen LogP contribution in [0.3, 0.4) is 0 Å². The molecule has 1 atom stereocenters. The molecule has 1 aromatic carbocycles. The lowest BCUT2D eigenvalue weighted by Crippen LogP contribution is -2.47. The fourth-order valence-electron chi connectivity index (χ4n) is 4.02. The van der Waals surface area contributed by atoms with Gasteiger partial charge in [-0.1, -0.05) is 30.5 Å². The van der Waals surface area contributed by atoms with E-state index in [0.29, 0.717) is 24.7 Å². The van der Waals surface area contributed by atoms with Gasteiger partial charge in [0.05, 0.1) is 0 Å². The summed E-state index contributed by atoms with van der Waals surface area (Å²) in [4.78, 5) is 29.4. The van der Waals surface area contributed by atoms with Crippen LogP contribution in [0.15, 0.2) is 24.3 Å². The molecule has 2 heterocycles. The summed E-state index contributed by atoms with van der Waals surface area (Å²) < 4.78 is 5.80. The fraction of sp³-hybridized carbons (Fsp3) is 0.636. The molecule has 0 bridgehead atoms. The lowest BCUT2D eigenvalue weighted by molar-refractivity contribution is -0.143. The minimum absolute atomic E-state index is 0.0104. The van der Waals surface area contributed by atoms with Gasteiger partial charge in [0, 0.05) is 32.1 Å². The minimum Gasteiger partial charge on any atom is -0.481 e. The number of likely N-dealkylation sites (tertiary alicyclic amines) is 2. The molecule has 0 saturated carbocycles. The van der Waals surface area contributed by atoms with Crippen LogP contribution < -0.4 is 4.74 Å². The third-order valence-corrected chi connectivity index (χ3v) is 5.76. The highest BCUT2D eigenvalue weighted by atomic mass is 16.5. The van der Waals surface area contributed by atoms with Crippen LogP contribution in [0, 0.1) is 12.8 Å². The zero-order chi connectivity index (χ0) is 19.2. The summed E-state index contributed by atoms with van der Waals surface area (Å²) in [5, 5.41) is 0. The zero-order valence-electron chi connectivity index (χ0n) is 16.7. The Morgan fingerprint density at radius 3 is 2.11 bits per heavy atom. The van der Waals surface area contributed by atoms with Gasteiger partial charge in [0.2, 0.25) is 5.91 Å². The highest BCUT2D eigenvalue weighted by molar-refractivity contribution is 5.82. The number of piperidine rings is 1. The van der Waals surface area contributed by atoms with Crippen LogP contribution in [0.1, 0.15) is 51.0 Å². The Labute approximate surface area is 162 Å². The van der Waals surface area contributed by atoms with Crippen molar-refractivity contribution in [2.45, 2.75) is 58.5 Å². The molecule has 2 saturated heterocycles. The molecular formula is C22H32N2O3. The largest absolute Gasteiger partial charge is 0.481 e. The second-order valence-corrected chi connectivity index (χ2v) is 7.91. The lowest BCUT2D eigenvalue weighted by atomic mass is 9.95. The molecule has 1 aromatic rings. The summed E-state index contributed by atoms with van der Waals surface area (Å²) in [6, 6.07) is 7.75. The van der Waals surface area contributed by atoms with Gasteiger partial charge in [-0.2, -0.15) is 0 Å². The zero-order valence-corrected chi connectivity index (χ0v) is 16.7. The van der Waals surface area contributed by atoms with Crippen LogP contribution in [0.5, 0.6) is 5.75 Å². The van der Waals surface area contributed by atoms with Crippen molar-refractivity contribution >= 4 is 11.8 Å². The number of nitrogens with zero attached hydrogens (tertiary/aromatic N) is 2. The van der Waals surface area contributed by atoms with Crippen molar-refractivity contribution in [1.29, 1.82) is 0 Å². The predicted molar refractivity (Wildman–Crippen MR) is 106 cm³/mol. The van der Waals surface area contributed by atoms with E-state index in [4.69, 9.17) is 4.74 Å². The van der Waals surface area contributed by atoms with E-state index in [9.17, 15) is 9.59 Å². The molecular weight excluding hydrogens is 340 g/mol. The van der Waals surface area contributed by atoms with E-state index in [0.717, 1.165) is 44.3 Å². The van der Waals surface area contributed by atoms with Crippen molar-refractivity contribution in [1.82, 2.24) is 9.80 Å². The summed E-state index contributed by atoms with van der Waals surface area (Å²) in [6.45, 7) is 6.92. The van der Waals surface area contributed by atoms with Gasteiger partial charge >= 0.3 is 0 Å². The summed E-state index contributed by atoms with van der Waals surface area (Å²) in [6.07, 6.45) is 5.72. The maximum absolute atomic E-state index is 12.8. The first kappa shape index (κ1) is 19.7. The second-order valence-electron chi connectivity index (χ2n) is 7.91. The van der Waals surface area contributed by atoms with Crippen molar-refractivity contribution in [3.63, 3.8) is 0 Å². The van der Waals surface area contributed by atoms with Crippen molar-refractivity contribution in [3.8, 4) is 5.75 Å². The van der Waals surface area contributed by atoms with Gasteiger partial charge in [-0.15, -0.1) is 0 Å². The molecule has 2 aliphatic rings. The quantitative estimate of drug-likeness (QED) is 0.814. The fourth-order valence-corrected chi connectivity index (χ4v) is 4.02. The molecule has 0 N–H and O–H groups in total. The van der Waals surface area contributed by atoms with Crippen molar-refractivity contribution in [2.24, 2.45) is 5.92 Å². The van der Waals surface area contributed by atoms with Crippen LogP contribution in [0.25, 0.3) is 0 Å². The number of ether oxygens (including phenoxy) is 1. The van der Waals surface area contributed by atoms with Gasteiger partial charge in [0.1, 0.15) is 5.75 Å². The van der Waals surface area contributed by atoms with Crippen molar-refractivity contribution in [3.05, 3.63) is 29.8 Å². The third-order valence-electron chi connectivity index (χ3n) is 5.76. The number of benzene rings is 1. The first-order valence-electron chi connectivity index (χ1n) is 10.4. The molecule has 2 amide bonds. The smallest absolute Gasteiger partial charge is 0.263 e. The average molecular weight is 373 g/mol. The van der Waals surface area contributed by atoms with Crippen LogP contribution in [0.2, 0.25) is 0 Å². The van der Waals surface area contributed by atoms with Gasteiger partial charge in [-0.3, -0.25) is 9.59 Å². The molecule has 2 fully saturated rings. The minimum atomic E-state index is -0.509. The number of hydrogen-bond acceptors (Lipinski definition) is 3. The number of carbonyl (C=O) groups is 2. The molecule has 2 aliphatic heterocycles. The standard InChI is InChI=1S/C22H32N2O3/c1-17-7-9-20(10-8-17)27-18(2)21(25)24-15-11-19(12-16-24)22(26)23-13-5-3-4-6-14-23/h7-10,18-19H,3-6,11-16H2,1-2H3. The Bertz CT molecular complexity index is 627. The maximum atomic E-state index is 12.8. The molecule has 3 rings (SSSR count). The lowest BCUT2D eigenvalue weighted by Gasteiger charge is -2.35. The van der Waals surface area contributed by atoms with Gasteiger partial charge < -0.3 is 14.5 Å². The first-order chi connectivity index (χ1) is 13.0. The third kappa shape index (κ3) is 5.24. The van der Waals surface area contributed by atoms with Gasteiger partial charge in [-0.25, -0.2) is 0 Å². The Hall–Kier alpha value is -2.04. The molecule has 5 heteroatoms. The van der Waals surface area contributed by atoms with E-state index in [-0.39, 0.29) is 11.8 Å². The van der Waals surface area contributed by atoms with Crippen LogP contribution in [-0.4, -0.2) is 53.9 Å². The number of aryl methyl sites for hydroxylation is 1. The molecule has 0 aromatic heterocycles. The second kappa shape index (κ2) is 9.25. The molecule has 0 aliphatic carbocycles. The Kier molecular flexibility index (Phi) is 6.75. The van der Waals surface area contributed by atoms with Gasteiger partial charge in [-0.05, 0) is 51.7 Å². The van der Waals surface area contributed by atoms with E-state index in [1.165, 1.54) is 12.8 Å². The van der Waals surface area contributed by atoms with Crippen LogP contribution in [0.4, 0.5) is 0 Å². The Balaban J connectivity index is 1.48. The number of hydrogen-bond donors (Lipinski definition) is 0. The normalized spacial score (nSPS) is 20.1. The molecule has 27 heavy (non-hydrogen) atoms. The average Bonchev–Trinajstić information content (AvgIpc) is 2.98. The van der Waals surface area contributed by atoms with E-state index >= 15 is 0 Å². The molecule has 1 unspecified atom stereocenters. The number of rotatable bonds is 4. The first-order valence-corrected chi connectivity index (χ1v) is 10.4.